The van der Waals surface area contributed by atoms with Gasteiger partial charge in [0.25, 0.3) is 0 Å². The minimum absolute atomic E-state index is 0.610. The zero-order chi connectivity index (χ0) is 29.3. The van der Waals surface area contributed by atoms with E-state index in [1.807, 2.05) is 66.7 Å². The van der Waals surface area contributed by atoms with Crippen molar-refractivity contribution in [2.75, 3.05) is 0 Å². The first-order valence-electron chi connectivity index (χ1n) is 14.7. The lowest BCUT2D eigenvalue weighted by molar-refractivity contribution is 1.07. The summed E-state index contributed by atoms with van der Waals surface area (Å²) in [5.74, 6) is 1.88. The van der Waals surface area contributed by atoms with Crippen LogP contribution in [0.3, 0.4) is 0 Å². The maximum atomic E-state index is 5.28. The first kappa shape index (κ1) is 25.7. The summed E-state index contributed by atoms with van der Waals surface area (Å²) in [5, 5.41) is 3.39. The van der Waals surface area contributed by atoms with Crippen LogP contribution in [0.4, 0.5) is 0 Å². The van der Waals surface area contributed by atoms with Gasteiger partial charge in [-0.1, -0.05) is 152 Å². The lowest BCUT2D eigenvalue weighted by Gasteiger charge is -2.15. The Kier molecular flexibility index (Phi) is 6.43. The highest BCUT2D eigenvalue weighted by atomic mass is 15.0. The van der Waals surface area contributed by atoms with Gasteiger partial charge in [-0.05, 0) is 17.2 Å². The van der Waals surface area contributed by atoms with Crippen molar-refractivity contribution in [2.45, 2.75) is 0 Å². The van der Waals surface area contributed by atoms with Crippen molar-refractivity contribution < 1.29 is 0 Å². The number of hydrogen-bond acceptors (Lipinski definition) is 4. The molecule has 0 saturated heterocycles. The Morgan fingerprint density at radius 3 is 1.39 bits per heavy atom. The third kappa shape index (κ3) is 4.69. The van der Waals surface area contributed by atoms with E-state index in [0.717, 1.165) is 44.2 Å². The molecule has 206 valence electrons. The fraction of sp³-hybridized carbons (Fsp3) is 0. The summed E-state index contributed by atoms with van der Waals surface area (Å²) in [6.07, 6.45) is 0. The molecule has 0 amide bonds. The molecule has 0 spiro atoms. The molecule has 0 aliphatic heterocycles. The van der Waals surface area contributed by atoms with Crippen LogP contribution in [0.15, 0.2) is 158 Å². The summed E-state index contributed by atoms with van der Waals surface area (Å²) in [7, 11) is 0. The van der Waals surface area contributed by atoms with E-state index >= 15 is 0 Å². The Bertz CT molecular complexity index is 2190. The molecule has 44 heavy (non-hydrogen) atoms. The highest BCUT2D eigenvalue weighted by Crippen LogP contribution is 2.39. The third-order valence-corrected chi connectivity index (χ3v) is 7.91. The van der Waals surface area contributed by atoms with Gasteiger partial charge < -0.3 is 0 Å². The summed E-state index contributed by atoms with van der Waals surface area (Å²) in [6, 6.07) is 53.9. The Morgan fingerprint density at radius 2 is 0.818 bits per heavy atom. The minimum Gasteiger partial charge on any atom is -0.247 e. The maximum absolute atomic E-state index is 5.28. The largest absolute Gasteiger partial charge is 0.247 e. The van der Waals surface area contributed by atoms with Gasteiger partial charge in [0.2, 0.25) is 0 Å². The van der Waals surface area contributed by atoms with Crippen molar-refractivity contribution in [3.05, 3.63) is 158 Å². The van der Waals surface area contributed by atoms with Gasteiger partial charge in [0.1, 0.15) is 0 Å². The van der Waals surface area contributed by atoms with Crippen molar-refractivity contribution in [2.24, 2.45) is 0 Å². The average Bonchev–Trinajstić information content (AvgIpc) is 3.12. The normalized spacial score (nSPS) is 11.2. The van der Waals surface area contributed by atoms with Gasteiger partial charge in [-0.3, -0.25) is 0 Å². The molecule has 8 rings (SSSR count). The van der Waals surface area contributed by atoms with Crippen LogP contribution in [0.2, 0.25) is 0 Å². The van der Waals surface area contributed by atoms with E-state index in [-0.39, 0.29) is 0 Å². The van der Waals surface area contributed by atoms with Crippen LogP contribution in [0, 0.1) is 0 Å². The highest BCUT2D eigenvalue weighted by Gasteiger charge is 2.17. The number of benzene rings is 6. The molecule has 0 aliphatic carbocycles. The first-order chi connectivity index (χ1) is 21.8. The number of pyridine rings is 1. The fourth-order valence-corrected chi connectivity index (χ4v) is 5.81. The van der Waals surface area contributed by atoms with Crippen LogP contribution in [0.5, 0.6) is 0 Å². The molecule has 4 nitrogen and oxygen atoms in total. The molecule has 2 aromatic heterocycles. The molecular formula is C40H26N4. The molecule has 6 aromatic carbocycles. The van der Waals surface area contributed by atoms with Crippen LogP contribution in [0.1, 0.15) is 0 Å². The lowest BCUT2D eigenvalue weighted by Crippen LogP contribution is -2.00. The Hall–Kier alpha value is -6.00. The predicted octanol–water partition coefficient (Wildman–Crippen LogP) is 9.91. The molecule has 0 unspecified atom stereocenters. The molecule has 0 aliphatic rings. The Labute approximate surface area is 255 Å². The maximum Gasteiger partial charge on any atom is 0.164 e. The van der Waals surface area contributed by atoms with Crippen molar-refractivity contribution in [1.82, 2.24) is 19.9 Å². The van der Waals surface area contributed by atoms with Crippen molar-refractivity contribution in [3.8, 4) is 56.5 Å². The second-order valence-corrected chi connectivity index (χ2v) is 10.7. The van der Waals surface area contributed by atoms with Gasteiger partial charge in [-0.15, -0.1) is 0 Å². The Morgan fingerprint density at radius 1 is 0.318 bits per heavy atom. The van der Waals surface area contributed by atoms with Gasteiger partial charge in [0.05, 0.1) is 11.2 Å². The molecule has 0 N–H and O–H groups in total. The fourth-order valence-electron chi connectivity index (χ4n) is 5.81. The zero-order valence-corrected chi connectivity index (χ0v) is 23.8. The van der Waals surface area contributed by atoms with E-state index < -0.39 is 0 Å². The van der Waals surface area contributed by atoms with Crippen LogP contribution >= 0.6 is 0 Å². The van der Waals surface area contributed by atoms with Crippen molar-refractivity contribution >= 4 is 21.7 Å². The number of hydrogen-bond donors (Lipinski definition) is 0. The molecule has 0 saturated carbocycles. The minimum atomic E-state index is 0.610. The topological polar surface area (TPSA) is 51.6 Å². The van der Waals surface area contributed by atoms with Crippen LogP contribution in [-0.2, 0) is 0 Å². The predicted molar refractivity (Wildman–Crippen MR) is 180 cm³/mol. The van der Waals surface area contributed by atoms with Crippen molar-refractivity contribution in [1.29, 1.82) is 0 Å². The molecule has 2 heterocycles. The van der Waals surface area contributed by atoms with E-state index in [4.69, 9.17) is 19.9 Å². The number of fused-ring (bicyclic) bond motifs is 3. The molecule has 0 radical (unpaired) electrons. The molecule has 4 heteroatoms. The highest BCUT2D eigenvalue weighted by molar-refractivity contribution is 6.17. The van der Waals surface area contributed by atoms with Crippen LogP contribution in [0.25, 0.3) is 78.2 Å². The molecule has 0 bridgehead atoms. The number of nitrogens with zero attached hydrogens (tertiary/aromatic N) is 4. The molecule has 8 aromatic rings. The van der Waals surface area contributed by atoms with E-state index in [1.165, 1.54) is 16.5 Å². The second kappa shape index (κ2) is 11.0. The second-order valence-electron chi connectivity index (χ2n) is 10.7. The van der Waals surface area contributed by atoms with E-state index in [2.05, 4.69) is 91.0 Å². The van der Waals surface area contributed by atoms with Crippen molar-refractivity contribution in [3.63, 3.8) is 0 Å². The molecular weight excluding hydrogens is 536 g/mol. The van der Waals surface area contributed by atoms with Crippen LogP contribution in [-0.4, -0.2) is 19.9 Å². The van der Waals surface area contributed by atoms with E-state index in [1.54, 1.807) is 0 Å². The summed E-state index contributed by atoms with van der Waals surface area (Å²) in [4.78, 5) is 20.1. The van der Waals surface area contributed by atoms with Gasteiger partial charge in [-0.2, -0.15) is 0 Å². The summed E-state index contributed by atoms with van der Waals surface area (Å²) in [5.41, 5.74) is 8.04. The van der Waals surface area contributed by atoms with Crippen LogP contribution < -0.4 is 0 Å². The smallest absolute Gasteiger partial charge is 0.164 e. The van der Waals surface area contributed by atoms with Gasteiger partial charge in [-0.25, -0.2) is 19.9 Å². The quantitative estimate of drug-likeness (QED) is 0.196. The lowest BCUT2D eigenvalue weighted by atomic mass is 9.92. The monoisotopic (exact) mass is 562 g/mol. The summed E-state index contributed by atoms with van der Waals surface area (Å²) >= 11 is 0. The zero-order valence-electron chi connectivity index (χ0n) is 23.8. The average molecular weight is 563 g/mol. The van der Waals surface area contributed by atoms with Gasteiger partial charge >= 0.3 is 0 Å². The number of rotatable bonds is 5. The molecule has 0 fully saturated rings. The third-order valence-electron chi connectivity index (χ3n) is 7.91. The first-order valence-corrected chi connectivity index (χ1v) is 14.7. The summed E-state index contributed by atoms with van der Waals surface area (Å²) in [6.45, 7) is 0. The Balaban J connectivity index is 1.39. The SMILES string of the molecule is c1ccc(-c2nc(-c3ccccc3)nc(-c3ccc4c(c3)nc(-c3ccccc3)c3cccc(-c5ccccc5)c34)n2)cc1. The van der Waals surface area contributed by atoms with Gasteiger partial charge in [0.15, 0.2) is 17.5 Å². The molecule has 0 atom stereocenters. The standard InChI is InChI=1S/C40H26N4/c1-5-14-27(15-6-1)32-22-13-23-34-36(32)33-25-24-31(26-35(33)41-37(34)28-16-7-2-8-17-28)40-43-38(29-18-9-3-10-19-29)42-39(44-40)30-20-11-4-12-21-30/h1-26H. The summed E-state index contributed by atoms with van der Waals surface area (Å²) < 4.78 is 0. The van der Waals surface area contributed by atoms with Gasteiger partial charge in [0, 0.05) is 38.4 Å². The van der Waals surface area contributed by atoms with E-state index in [9.17, 15) is 0 Å². The number of aromatic nitrogens is 4. The van der Waals surface area contributed by atoms with E-state index in [0.29, 0.717) is 17.5 Å².